The van der Waals surface area contributed by atoms with Gasteiger partial charge in [0, 0.05) is 16.1 Å². The normalized spacial score (nSPS) is 12.1. The van der Waals surface area contributed by atoms with Crippen molar-refractivity contribution in [1.82, 2.24) is 5.16 Å². The molecule has 86 valence electrons. The lowest BCUT2D eigenvalue weighted by atomic mass is 10.1. The highest BCUT2D eigenvalue weighted by Crippen LogP contribution is 2.24. The van der Waals surface area contributed by atoms with E-state index in [4.69, 9.17) is 15.2 Å². The van der Waals surface area contributed by atoms with E-state index in [9.17, 15) is 8.42 Å². The maximum Gasteiger partial charge on any atom is 0.261 e. The van der Waals surface area contributed by atoms with Gasteiger partial charge in [0.15, 0.2) is 5.58 Å². The number of aromatic nitrogens is 1. The number of fused-ring (bicyclic) bond motifs is 1. The molecule has 0 aliphatic carbocycles. The standard InChI is InChI=1S/C10H10ClNO3S/c1-2-3-9-8-6-7(16(11,13)14)4-5-10(8)15-12-9/h4-6H,2-3H2,1H3. The highest BCUT2D eigenvalue weighted by Gasteiger charge is 2.14. The summed E-state index contributed by atoms with van der Waals surface area (Å²) in [5, 5.41) is 4.61. The fraction of sp³-hybridized carbons (Fsp3) is 0.300. The summed E-state index contributed by atoms with van der Waals surface area (Å²) in [6, 6.07) is 4.47. The molecule has 0 saturated heterocycles. The van der Waals surface area contributed by atoms with Crippen LogP contribution in [0.1, 0.15) is 19.0 Å². The zero-order valence-corrected chi connectivity index (χ0v) is 10.2. The SMILES string of the molecule is CCCc1noc2ccc(S(=O)(=O)Cl)cc12. The predicted molar refractivity (Wildman–Crippen MR) is 61.0 cm³/mol. The lowest BCUT2D eigenvalue weighted by Crippen LogP contribution is -1.90. The van der Waals surface area contributed by atoms with Crippen molar-refractivity contribution in [3.8, 4) is 0 Å². The second-order valence-electron chi connectivity index (χ2n) is 3.48. The van der Waals surface area contributed by atoms with E-state index in [-0.39, 0.29) is 4.90 Å². The largest absolute Gasteiger partial charge is 0.356 e. The Hall–Kier alpha value is -1.07. The molecule has 1 aromatic carbocycles. The minimum absolute atomic E-state index is 0.0715. The molecule has 0 aliphatic rings. The summed E-state index contributed by atoms with van der Waals surface area (Å²) in [7, 11) is 1.58. The molecule has 1 heterocycles. The average molecular weight is 260 g/mol. The molecule has 16 heavy (non-hydrogen) atoms. The van der Waals surface area contributed by atoms with E-state index in [1.54, 1.807) is 6.07 Å². The molecule has 0 unspecified atom stereocenters. The van der Waals surface area contributed by atoms with Crippen molar-refractivity contribution in [2.45, 2.75) is 24.7 Å². The van der Waals surface area contributed by atoms with Gasteiger partial charge in [0.2, 0.25) is 0 Å². The van der Waals surface area contributed by atoms with Gasteiger partial charge in [-0.3, -0.25) is 0 Å². The Kier molecular flexibility index (Phi) is 2.90. The van der Waals surface area contributed by atoms with Crippen LogP contribution in [0.15, 0.2) is 27.6 Å². The molecular weight excluding hydrogens is 250 g/mol. The van der Waals surface area contributed by atoms with Crippen molar-refractivity contribution in [2.75, 3.05) is 0 Å². The number of benzene rings is 1. The summed E-state index contributed by atoms with van der Waals surface area (Å²) in [6.45, 7) is 2.02. The second kappa shape index (κ2) is 4.07. The Balaban J connectivity index is 2.63. The highest BCUT2D eigenvalue weighted by atomic mass is 35.7. The zero-order chi connectivity index (χ0) is 11.8. The summed E-state index contributed by atoms with van der Waals surface area (Å²) in [6.07, 6.45) is 1.66. The molecule has 2 aromatic rings. The number of hydrogen-bond donors (Lipinski definition) is 0. The van der Waals surface area contributed by atoms with Crippen LogP contribution >= 0.6 is 10.7 Å². The Morgan fingerprint density at radius 3 is 2.81 bits per heavy atom. The Morgan fingerprint density at radius 2 is 2.19 bits per heavy atom. The van der Waals surface area contributed by atoms with Crippen LogP contribution in [0.5, 0.6) is 0 Å². The van der Waals surface area contributed by atoms with Gasteiger partial charge < -0.3 is 4.52 Å². The molecule has 6 heteroatoms. The first-order valence-corrected chi connectivity index (χ1v) is 7.16. The van der Waals surface area contributed by atoms with Gasteiger partial charge in [0.05, 0.1) is 10.6 Å². The fourth-order valence-electron chi connectivity index (χ4n) is 1.54. The molecule has 0 bridgehead atoms. The van der Waals surface area contributed by atoms with Crippen molar-refractivity contribution in [2.24, 2.45) is 0 Å². The molecular formula is C10H10ClNO3S. The molecule has 0 fully saturated rings. The van der Waals surface area contributed by atoms with E-state index in [0.29, 0.717) is 11.0 Å². The van der Waals surface area contributed by atoms with E-state index in [0.717, 1.165) is 18.5 Å². The smallest absolute Gasteiger partial charge is 0.261 e. The summed E-state index contributed by atoms with van der Waals surface area (Å²) in [5.74, 6) is 0. The Bertz CT molecular complexity index is 618. The van der Waals surface area contributed by atoms with Gasteiger partial charge in [0.25, 0.3) is 9.05 Å². The molecule has 0 N–H and O–H groups in total. The van der Waals surface area contributed by atoms with Gasteiger partial charge in [0.1, 0.15) is 0 Å². The molecule has 0 atom stereocenters. The summed E-state index contributed by atoms with van der Waals surface area (Å²) in [4.78, 5) is 0.0715. The van der Waals surface area contributed by atoms with Crippen molar-refractivity contribution in [3.63, 3.8) is 0 Å². The van der Waals surface area contributed by atoms with Crippen LogP contribution in [-0.2, 0) is 15.5 Å². The Morgan fingerprint density at radius 1 is 1.44 bits per heavy atom. The second-order valence-corrected chi connectivity index (χ2v) is 6.04. The van der Waals surface area contributed by atoms with Crippen LogP contribution in [-0.4, -0.2) is 13.6 Å². The van der Waals surface area contributed by atoms with Gasteiger partial charge in [-0.1, -0.05) is 18.5 Å². The molecule has 0 aliphatic heterocycles. The summed E-state index contributed by atoms with van der Waals surface area (Å²) >= 11 is 0. The first-order chi connectivity index (χ1) is 7.52. The third-order valence-electron chi connectivity index (χ3n) is 2.28. The highest BCUT2D eigenvalue weighted by molar-refractivity contribution is 8.13. The van der Waals surface area contributed by atoms with Gasteiger partial charge in [-0.15, -0.1) is 0 Å². The van der Waals surface area contributed by atoms with Crippen molar-refractivity contribution in [1.29, 1.82) is 0 Å². The minimum Gasteiger partial charge on any atom is -0.356 e. The lowest BCUT2D eigenvalue weighted by molar-refractivity contribution is 0.445. The van der Waals surface area contributed by atoms with Crippen LogP contribution in [0, 0.1) is 0 Å². The van der Waals surface area contributed by atoms with E-state index in [1.807, 2.05) is 6.92 Å². The van der Waals surface area contributed by atoms with Gasteiger partial charge >= 0.3 is 0 Å². The van der Waals surface area contributed by atoms with E-state index in [2.05, 4.69) is 5.16 Å². The van der Waals surface area contributed by atoms with Gasteiger partial charge in [-0.25, -0.2) is 8.42 Å². The molecule has 0 saturated carbocycles. The molecule has 4 nitrogen and oxygen atoms in total. The van der Waals surface area contributed by atoms with Crippen molar-refractivity contribution in [3.05, 3.63) is 23.9 Å². The molecule has 2 rings (SSSR count). The molecule has 0 spiro atoms. The van der Waals surface area contributed by atoms with Crippen LogP contribution in [0.2, 0.25) is 0 Å². The third-order valence-corrected chi connectivity index (χ3v) is 3.64. The molecule has 0 amide bonds. The van der Waals surface area contributed by atoms with E-state index in [1.165, 1.54) is 12.1 Å². The third kappa shape index (κ3) is 2.05. The number of nitrogens with zero attached hydrogens (tertiary/aromatic N) is 1. The number of hydrogen-bond acceptors (Lipinski definition) is 4. The zero-order valence-electron chi connectivity index (χ0n) is 8.60. The maximum atomic E-state index is 11.2. The summed E-state index contributed by atoms with van der Waals surface area (Å²) < 4.78 is 27.4. The topological polar surface area (TPSA) is 60.2 Å². The lowest BCUT2D eigenvalue weighted by Gasteiger charge is -1.96. The maximum absolute atomic E-state index is 11.2. The van der Waals surface area contributed by atoms with Crippen LogP contribution in [0.4, 0.5) is 0 Å². The number of halogens is 1. The van der Waals surface area contributed by atoms with Crippen LogP contribution in [0.3, 0.4) is 0 Å². The van der Waals surface area contributed by atoms with Crippen LogP contribution < -0.4 is 0 Å². The first kappa shape index (κ1) is 11.4. The van der Waals surface area contributed by atoms with E-state index >= 15 is 0 Å². The monoisotopic (exact) mass is 259 g/mol. The summed E-state index contributed by atoms with van der Waals surface area (Å²) in [5.41, 5.74) is 1.34. The predicted octanol–water partition coefficient (Wildman–Crippen LogP) is 2.71. The van der Waals surface area contributed by atoms with Gasteiger partial charge in [-0.05, 0) is 24.6 Å². The quantitative estimate of drug-likeness (QED) is 0.795. The molecule has 1 aromatic heterocycles. The average Bonchev–Trinajstić information content (AvgIpc) is 2.60. The fourth-order valence-corrected chi connectivity index (χ4v) is 2.31. The van der Waals surface area contributed by atoms with Crippen molar-refractivity contribution >= 4 is 30.7 Å². The first-order valence-electron chi connectivity index (χ1n) is 4.85. The van der Waals surface area contributed by atoms with Gasteiger partial charge in [-0.2, -0.15) is 0 Å². The van der Waals surface area contributed by atoms with Crippen molar-refractivity contribution < 1.29 is 12.9 Å². The Labute approximate surface area is 97.6 Å². The number of aryl methyl sites for hydroxylation is 1. The molecule has 0 radical (unpaired) electrons. The number of rotatable bonds is 3. The van der Waals surface area contributed by atoms with Crippen LogP contribution in [0.25, 0.3) is 11.0 Å². The van der Waals surface area contributed by atoms with E-state index < -0.39 is 9.05 Å². The minimum atomic E-state index is -3.70.